The smallest absolute Gasteiger partial charge is 0.270 e. The van der Waals surface area contributed by atoms with E-state index in [1.165, 1.54) is 77.0 Å². The van der Waals surface area contributed by atoms with Crippen molar-refractivity contribution < 1.29 is 32.5 Å². The van der Waals surface area contributed by atoms with Crippen LogP contribution in [-0.2, 0) is 23.1 Å². The number of ether oxygens (including phenoxy) is 1. The van der Waals surface area contributed by atoms with Crippen LogP contribution in [0.3, 0.4) is 0 Å². The predicted molar refractivity (Wildman–Crippen MR) is 159 cm³/mol. The largest absolute Gasteiger partial charge is 0.756 e. The van der Waals surface area contributed by atoms with E-state index >= 15 is 0 Å². The second-order valence-electron chi connectivity index (χ2n) is 12.0. The molecule has 9 heteroatoms. The summed E-state index contributed by atoms with van der Waals surface area (Å²) in [6, 6.07) is 0. The van der Waals surface area contributed by atoms with Crippen LogP contribution in [0.2, 0.25) is 0 Å². The van der Waals surface area contributed by atoms with Crippen molar-refractivity contribution in [3.05, 3.63) is 0 Å². The van der Waals surface area contributed by atoms with Crippen LogP contribution >= 0.6 is 7.82 Å². The fourth-order valence-corrected chi connectivity index (χ4v) is 5.11. The van der Waals surface area contributed by atoms with E-state index < -0.39 is 20.2 Å². The first-order valence-corrected chi connectivity index (χ1v) is 17.3. The van der Waals surface area contributed by atoms with Gasteiger partial charge < -0.3 is 24.0 Å². The number of nitrogens with one attached hydrogen (secondary N) is 1. The molecule has 0 aromatic rings. The van der Waals surface area contributed by atoms with Crippen molar-refractivity contribution in [2.24, 2.45) is 0 Å². The minimum atomic E-state index is -4.62. The molecule has 39 heavy (non-hydrogen) atoms. The Labute approximate surface area is 241 Å². The van der Waals surface area contributed by atoms with Gasteiger partial charge in [-0.3, -0.25) is 13.9 Å². The molecule has 3 unspecified atom stereocenters. The monoisotopic (exact) mass is 578 g/mol. The minimum absolute atomic E-state index is 0.0108. The van der Waals surface area contributed by atoms with Crippen molar-refractivity contribution in [2.45, 2.75) is 149 Å². The van der Waals surface area contributed by atoms with Gasteiger partial charge in [-0.1, -0.05) is 110 Å². The van der Waals surface area contributed by atoms with Crippen LogP contribution in [0, 0.1) is 0 Å². The predicted octanol–water partition coefficient (Wildman–Crippen LogP) is 7.10. The second kappa shape index (κ2) is 24.1. The van der Waals surface area contributed by atoms with Crippen LogP contribution in [-0.4, -0.2) is 63.6 Å². The Balaban J connectivity index is 4.59. The van der Waals surface area contributed by atoms with Crippen molar-refractivity contribution in [3.63, 3.8) is 0 Å². The first-order chi connectivity index (χ1) is 18.5. The Morgan fingerprint density at radius 2 is 1.23 bits per heavy atom. The molecule has 234 valence electrons. The molecule has 0 rings (SSSR count). The average molecular weight is 579 g/mol. The molecular formula is C30H63N2O6P. The lowest BCUT2D eigenvalue weighted by molar-refractivity contribution is -0.870. The maximum Gasteiger partial charge on any atom is 0.270 e. The van der Waals surface area contributed by atoms with Gasteiger partial charge in [-0.05, 0) is 19.8 Å². The maximum atomic E-state index is 12.6. The molecule has 0 heterocycles. The van der Waals surface area contributed by atoms with Crippen molar-refractivity contribution in [3.8, 4) is 0 Å². The van der Waals surface area contributed by atoms with Crippen LogP contribution in [0.5, 0.6) is 0 Å². The standard InChI is InChI=1S/C30H63N2O6P/c1-7-9-11-13-15-17-18-20-22-24-29(33)31-30(38-39(34,35)37-27-25-32(4,5)6)28(3)36-26-23-21-19-16-14-12-10-8-2/h28,30H,7-27H2,1-6H3,(H-,31,33,34,35). The van der Waals surface area contributed by atoms with E-state index in [1.54, 1.807) is 6.92 Å². The van der Waals surface area contributed by atoms with E-state index in [-0.39, 0.29) is 12.5 Å². The Morgan fingerprint density at radius 3 is 1.72 bits per heavy atom. The lowest BCUT2D eigenvalue weighted by atomic mass is 10.1. The number of unbranched alkanes of at least 4 members (excludes halogenated alkanes) is 15. The van der Waals surface area contributed by atoms with Crippen molar-refractivity contribution in [1.29, 1.82) is 0 Å². The van der Waals surface area contributed by atoms with E-state index in [4.69, 9.17) is 13.8 Å². The Morgan fingerprint density at radius 1 is 0.769 bits per heavy atom. The molecule has 0 aromatic heterocycles. The number of carbonyl (C=O) groups is 1. The Hall–Kier alpha value is -0.500. The molecule has 0 saturated carbocycles. The van der Waals surface area contributed by atoms with Crippen molar-refractivity contribution in [1.82, 2.24) is 5.32 Å². The summed E-state index contributed by atoms with van der Waals surface area (Å²) in [6.07, 6.45) is 18.6. The van der Waals surface area contributed by atoms with Crippen LogP contribution in [0.25, 0.3) is 0 Å². The molecule has 0 aromatic carbocycles. The first kappa shape index (κ1) is 38.5. The van der Waals surface area contributed by atoms with Gasteiger partial charge in [-0.15, -0.1) is 0 Å². The van der Waals surface area contributed by atoms with E-state index in [1.807, 2.05) is 21.1 Å². The molecule has 0 fully saturated rings. The summed E-state index contributed by atoms with van der Waals surface area (Å²) in [5, 5.41) is 2.74. The zero-order valence-electron chi connectivity index (χ0n) is 26.3. The molecule has 0 aliphatic carbocycles. The Kier molecular flexibility index (Phi) is 23.8. The highest BCUT2D eigenvalue weighted by Crippen LogP contribution is 2.40. The average Bonchev–Trinajstić information content (AvgIpc) is 2.85. The van der Waals surface area contributed by atoms with E-state index in [9.17, 15) is 14.3 Å². The molecule has 0 aliphatic rings. The van der Waals surface area contributed by atoms with Gasteiger partial charge in [-0.25, -0.2) is 0 Å². The molecule has 0 bridgehead atoms. The summed E-state index contributed by atoms with van der Waals surface area (Å²) in [7, 11) is 1.25. The zero-order valence-corrected chi connectivity index (χ0v) is 27.2. The molecule has 3 atom stereocenters. The van der Waals surface area contributed by atoms with Gasteiger partial charge >= 0.3 is 0 Å². The Bertz CT molecular complexity index is 629. The molecule has 8 nitrogen and oxygen atoms in total. The van der Waals surface area contributed by atoms with Gasteiger partial charge in [0.1, 0.15) is 13.2 Å². The normalized spacial score (nSPS) is 15.2. The van der Waals surface area contributed by atoms with Crippen LogP contribution in [0.4, 0.5) is 0 Å². The topological polar surface area (TPSA) is 96.9 Å². The fourth-order valence-electron chi connectivity index (χ4n) is 4.25. The number of phosphoric acid groups is 1. The van der Waals surface area contributed by atoms with Crippen LogP contribution < -0.4 is 10.2 Å². The third-order valence-corrected chi connectivity index (χ3v) is 7.85. The quantitative estimate of drug-likeness (QED) is 0.0460. The summed E-state index contributed by atoms with van der Waals surface area (Å²) in [6.45, 7) is 7.20. The summed E-state index contributed by atoms with van der Waals surface area (Å²) in [5.74, 6) is -0.225. The third kappa shape index (κ3) is 26.2. The SMILES string of the molecule is CCCCCCCCCCCC(=O)NC(OP(=O)([O-])OCC[N+](C)(C)C)C(C)OCCCCCCCCCC. The molecule has 1 N–H and O–H groups in total. The molecule has 0 saturated heterocycles. The number of carbonyl (C=O) groups excluding carboxylic acids is 1. The van der Waals surface area contributed by atoms with Crippen LogP contribution in [0.15, 0.2) is 0 Å². The highest BCUT2D eigenvalue weighted by atomic mass is 31.2. The van der Waals surface area contributed by atoms with Crippen molar-refractivity contribution in [2.75, 3.05) is 40.9 Å². The highest BCUT2D eigenvalue weighted by Gasteiger charge is 2.26. The number of hydrogen-bond acceptors (Lipinski definition) is 6. The third-order valence-electron chi connectivity index (χ3n) is 6.87. The van der Waals surface area contributed by atoms with Gasteiger partial charge in [0.2, 0.25) is 5.91 Å². The highest BCUT2D eigenvalue weighted by molar-refractivity contribution is 7.45. The number of amides is 1. The van der Waals surface area contributed by atoms with Gasteiger partial charge in [0.25, 0.3) is 7.82 Å². The number of nitrogens with zero attached hydrogens (tertiary/aromatic N) is 1. The molecule has 0 spiro atoms. The van der Waals surface area contributed by atoms with Crippen LogP contribution in [0.1, 0.15) is 136 Å². The zero-order chi connectivity index (χ0) is 29.4. The number of rotatable bonds is 28. The number of likely N-dealkylation sites (N-methyl/N-ethyl adjacent to an activating group) is 1. The summed E-state index contributed by atoms with van der Waals surface area (Å²) in [4.78, 5) is 25.2. The fraction of sp³-hybridized carbons (Fsp3) is 0.967. The first-order valence-electron chi connectivity index (χ1n) is 15.9. The van der Waals surface area contributed by atoms with E-state index in [2.05, 4.69) is 19.2 Å². The van der Waals surface area contributed by atoms with Gasteiger partial charge in [-0.2, -0.15) is 0 Å². The second-order valence-corrected chi connectivity index (χ2v) is 13.4. The number of phosphoric ester groups is 1. The summed E-state index contributed by atoms with van der Waals surface area (Å²) in [5.41, 5.74) is 0. The van der Waals surface area contributed by atoms with E-state index in [0.717, 1.165) is 32.1 Å². The number of hydrogen-bond donors (Lipinski definition) is 1. The van der Waals surface area contributed by atoms with E-state index in [0.29, 0.717) is 24.1 Å². The molecule has 1 amide bonds. The minimum Gasteiger partial charge on any atom is -0.756 e. The van der Waals surface area contributed by atoms with Crippen molar-refractivity contribution >= 4 is 13.7 Å². The van der Waals surface area contributed by atoms with Gasteiger partial charge in [0.05, 0.1) is 27.2 Å². The van der Waals surface area contributed by atoms with Gasteiger partial charge in [0.15, 0.2) is 6.23 Å². The molecule has 0 aliphatic heterocycles. The summed E-state index contributed by atoms with van der Waals surface area (Å²) >= 11 is 0. The molecule has 0 radical (unpaired) electrons. The molecular weight excluding hydrogens is 515 g/mol. The maximum absolute atomic E-state index is 12.6. The lowest BCUT2D eigenvalue weighted by Gasteiger charge is -2.32. The van der Waals surface area contributed by atoms with Gasteiger partial charge in [0, 0.05) is 13.0 Å². The number of quaternary nitrogens is 1. The lowest BCUT2D eigenvalue weighted by Crippen LogP contribution is -2.45. The summed E-state index contributed by atoms with van der Waals surface area (Å²) < 4.78 is 29.4.